The summed E-state index contributed by atoms with van der Waals surface area (Å²) in [4.78, 5) is 56.8. The van der Waals surface area contributed by atoms with Crippen LogP contribution < -0.4 is 4.74 Å². The van der Waals surface area contributed by atoms with E-state index >= 15 is 0 Å². The predicted octanol–water partition coefficient (Wildman–Crippen LogP) is 23.4. The molecule has 0 saturated carbocycles. The molecule has 2 aliphatic rings. The van der Waals surface area contributed by atoms with E-state index in [1.165, 1.54) is 23.8 Å². The summed E-state index contributed by atoms with van der Waals surface area (Å²) in [7, 11) is 0. The first-order valence-corrected chi connectivity index (χ1v) is 40.0. The highest BCUT2D eigenvalue weighted by molar-refractivity contribution is 6.25. The molecule has 6 heterocycles. The zero-order chi connectivity index (χ0) is 77.0. The Hall–Kier alpha value is -11.8. The number of carbonyl (C=O) groups excluding carboxylic acids is 4. The molecule has 1 saturated heterocycles. The standard InChI is InChI=1S/C27H26N2O3.C26H27NO.C24H22FNO.C23H21NO/c1-18-25(27(30)22-9-4-7-19-6-2-3-8-21(19)22)23-10-5-11-24-26(23)29(18)20(17-32-24)16-28-12-14-31-15-13-28;1-3-5-10-17-27-18-24(22-13-8-9-14-25(22)27)26(28)23-16-15-19(4-2)20-11-6-7-12-21(20)23;25-15-6-1-7-16-26-17-22(20-12-4-5-14-23(20)26)24(27)21-13-8-10-18-9-2-3-11-19(18)21;1-2-3-15-24-16-21(19-12-6-7-14-22(19)24)23(25)20-13-8-10-17-9-4-5-11-18(17)20/h2-11,20H,12-17H2,1H3;6-9,11-16,18H,3-5,10,17H2,1-2H3;2-5,8-14,17H,1,6-7,15-16H2;4-14,16H,2-3,15H2,1H3/t20-;;;/m1.../s1. The van der Waals surface area contributed by atoms with Crippen molar-refractivity contribution in [2.75, 3.05) is 46.1 Å². The fourth-order valence-electron chi connectivity index (χ4n) is 16.8. The third kappa shape index (κ3) is 15.5. The maximum atomic E-state index is 14.0. The molecule has 4 aromatic heterocycles. The van der Waals surface area contributed by atoms with Crippen LogP contribution in [0.3, 0.4) is 0 Å². The van der Waals surface area contributed by atoms with Gasteiger partial charge in [0.15, 0.2) is 23.1 Å². The summed E-state index contributed by atoms with van der Waals surface area (Å²) in [6, 6.07) is 85.0. The lowest BCUT2D eigenvalue weighted by atomic mass is 9.93. The third-order valence-corrected chi connectivity index (χ3v) is 22.5. The van der Waals surface area contributed by atoms with E-state index in [9.17, 15) is 23.6 Å². The highest BCUT2D eigenvalue weighted by Gasteiger charge is 2.33. The molecule has 11 nitrogen and oxygen atoms in total. The first-order valence-electron chi connectivity index (χ1n) is 40.0. The number of halogens is 1. The Morgan fingerprint density at radius 1 is 0.384 bits per heavy atom. The summed E-state index contributed by atoms with van der Waals surface area (Å²) in [5.74, 6) is 1.20. The van der Waals surface area contributed by atoms with Crippen LogP contribution in [0.4, 0.5) is 4.39 Å². The molecule has 564 valence electrons. The molecule has 0 aliphatic carbocycles. The minimum absolute atomic E-state index is 0.0468. The van der Waals surface area contributed by atoms with Crippen LogP contribution in [0.1, 0.15) is 153 Å². The SMILES string of the molecule is CCCCCn1cc(C(=O)c2ccc(CC)c3ccccc23)c2ccccc21.CCCCn1cc(C(=O)c2cccc3ccccc23)c2ccccc21.Cc1c(C(=O)c2cccc3ccccc23)c2cccc3c2n1[C@H](CN1CCOCC1)CO3.O=C(c1cccc2ccccc12)c1cn(CCCCCF)c2ccccc12. The van der Waals surface area contributed by atoms with Crippen LogP contribution in [-0.4, -0.2) is 92.4 Å². The quantitative estimate of drug-likeness (QED) is 0.0463. The van der Waals surface area contributed by atoms with E-state index < -0.39 is 0 Å². The number of hydrogen-bond acceptors (Lipinski definition) is 7. The van der Waals surface area contributed by atoms with E-state index in [2.05, 4.69) is 142 Å². The average Bonchev–Trinajstić information content (AvgIpc) is 1.57. The molecule has 0 N–H and O–H groups in total. The number of unbranched alkanes of at least 4 members (excludes halogenated alkanes) is 5. The number of ether oxygens (including phenoxy) is 2. The van der Waals surface area contributed by atoms with Crippen molar-refractivity contribution in [1.29, 1.82) is 0 Å². The first-order chi connectivity index (χ1) is 55.0. The van der Waals surface area contributed by atoms with Gasteiger partial charge in [0.2, 0.25) is 0 Å². The third-order valence-electron chi connectivity index (χ3n) is 22.5. The minimum atomic E-state index is -0.267. The van der Waals surface area contributed by atoms with Crippen LogP contribution in [0.2, 0.25) is 0 Å². The van der Waals surface area contributed by atoms with Gasteiger partial charge in [0.25, 0.3) is 0 Å². The monoisotopic (exact) mass is 1480 g/mol. The van der Waals surface area contributed by atoms with Crippen LogP contribution in [0.25, 0.3) is 86.7 Å². The molecule has 12 aromatic carbocycles. The molecule has 2 aliphatic heterocycles. The number of alkyl halides is 1. The zero-order valence-electron chi connectivity index (χ0n) is 64.6. The Kier molecular flexibility index (Phi) is 23.6. The van der Waals surface area contributed by atoms with Crippen molar-refractivity contribution < 1.29 is 33.0 Å². The number of nitrogens with zero attached hydrogens (tertiary/aromatic N) is 5. The Morgan fingerprint density at radius 2 is 0.786 bits per heavy atom. The van der Waals surface area contributed by atoms with Crippen LogP contribution in [0.5, 0.6) is 5.75 Å². The van der Waals surface area contributed by atoms with Crippen molar-refractivity contribution in [3.8, 4) is 5.75 Å². The van der Waals surface area contributed by atoms with Gasteiger partial charge in [-0.1, -0.05) is 271 Å². The van der Waals surface area contributed by atoms with Gasteiger partial charge >= 0.3 is 0 Å². The highest BCUT2D eigenvalue weighted by atomic mass is 19.1. The molecule has 1 atom stereocenters. The van der Waals surface area contributed by atoms with Gasteiger partial charge in [0, 0.05) is 141 Å². The van der Waals surface area contributed by atoms with Crippen molar-refractivity contribution in [2.24, 2.45) is 0 Å². The normalized spacial score (nSPS) is 13.4. The fraction of sp³-hybridized carbons (Fsp3) is 0.240. The highest BCUT2D eigenvalue weighted by Crippen LogP contribution is 2.41. The summed E-state index contributed by atoms with van der Waals surface area (Å²) < 4.78 is 33.0. The van der Waals surface area contributed by atoms with Gasteiger partial charge in [-0.2, -0.15) is 0 Å². The Morgan fingerprint density at radius 3 is 1.27 bits per heavy atom. The molecule has 0 amide bonds. The average molecular weight is 1480 g/mol. The van der Waals surface area contributed by atoms with E-state index in [1.807, 2.05) is 182 Å². The first kappa shape index (κ1) is 75.6. The Bertz CT molecular complexity index is 6090. The second kappa shape index (κ2) is 35.0. The maximum Gasteiger partial charge on any atom is 0.196 e. The lowest BCUT2D eigenvalue weighted by molar-refractivity contribution is 0.0272. The second-order valence-corrected chi connectivity index (χ2v) is 29.5. The summed E-state index contributed by atoms with van der Waals surface area (Å²) in [6.07, 6.45) is 15.2. The molecule has 0 bridgehead atoms. The van der Waals surface area contributed by atoms with Crippen LogP contribution in [0.15, 0.2) is 273 Å². The van der Waals surface area contributed by atoms with Gasteiger partial charge in [-0.3, -0.25) is 28.5 Å². The van der Waals surface area contributed by atoms with Crippen molar-refractivity contribution in [3.05, 3.63) is 329 Å². The fourth-order valence-corrected chi connectivity index (χ4v) is 16.8. The number of hydrogen-bond donors (Lipinski definition) is 0. The van der Waals surface area contributed by atoms with Gasteiger partial charge < -0.3 is 27.7 Å². The van der Waals surface area contributed by atoms with Crippen molar-refractivity contribution in [2.45, 2.75) is 111 Å². The lowest BCUT2D eigenvalue weighted by Crippen LogP contribution is -2.42. The van der Waals surface area contributed by atoms with Crippen LogP contribution in [-0.2, 0) is 30.8 Å². The van der Waals surface area contributed by atoms with Crippen molar-refractivity contribution in [3.63, 3.8) is 0 Å². The van der Waals surface area contributed by atoms with Gasteiger partial charge in [-0.05, 0) is 118 Å². The van der Waals surface area contributed by atoms with Crippen molar-refractivity contribution >= 4 is 110 Å². The smallest absolute Gasteiger partial charge is 0.196 e. The summed E-state index contributed by atoms with van der Waals surface area (Å²) in [5.41, 5.74) is 12.9. The van der Waals surface area contributed by atoms with Gasteiger partial charge in [0.1, 0.15) is 12.4 Å². The molecule has 0 spiro atoms. The zero-order valence-corrected chi connectivity index (χ0v) is 64.6. The molecule has 0 unspecified atom stereocenters. The Labute approximate surface area is 654 Å². The molecule has 12 heteroatoms. The number of carbonyl (C=O) groups is 4. The predicted molar refractivity (Wildman–Crippen MR) is 457 cm³/mol. The number of para-hydroxylation sites is 4. The summed E-state index contributed by atoms with van der Waals surface area (Å²) in [5, 5.41) is 12.5. The number of morpholine rings is 1. The number of rotatable bonds is 23. The maximum absolute atomic E-state index is 14.0. The van der Waals surface area contributed by atoms with Crippen molar-refractivity contribution in [1.82, 2.24) is 23.2 Å². The molecule has 0 radical (unpaired) electrons. The van der Waals surface area contributed by atoms with Gasteiger partial charge in [0.05, 0.1) is 37.0 Å². The van der Waals surface area contributed by atoms with E-state index in [0.29, 0.717) is 13.0 Å². The number of aromatic nitrogens is 4. The molecule has 16 aromatic rings. The Balaban J connectivity index is 0.000000119. The van der Waals surface area contributed by atoms with E-state index in [1.54, 1.807) is 0 Å². The van der Waals surface area contributed by atoms with Crippen LogP contribution in [0, 0.1) is 6.92 Å². The number of ketones is 4. The van der Waals surface area contributed by atoms with E-state index in [4.69, 9.17) is 9.47 Å². The lowest BCUT2D eigenvalue weighted by Gasteiger charge is -2.34. The van der Waals surface area contributed by atoms with E-state index in [-0.39, 0.29) is 35.8 Å². The number of benzene rings is 12. The number of aryl methyl sites for hydroxylation is 4. The molecule has 18 rings (SSSR count). The number of fused-ring (bicyclic) bond motifs is 7. The van der Waals surface area contributed by atoms with Crippen LogP contribution >= 0.6 is 0 Å². The topological polar surface area (TPSA) is 110 Å². The summed E-state index contributed by atoms with van der Waals surface area (Å²) >= 11 is 0. The van der Waals surface area contributed by atoms with Gasteiger partial charge in [-0.25, -0.2) is 0 Å². The molecule has 1 fully saturated rings. The van der Waals surface area contributed by atoms with E-state index in [0.717, 1.165) is 228 Å². The summed E-state index contributed by atoms with van der Waals surface area (Å²) in [6.45, 7) is 16.0. The molecular formula is C100H96FN5O6. The largest absolute Gasteiger partial charge is 0.489 e. The molecule has 112 heavy (non-hydrogen) atoms. The molecular weight excluding hydrogens is 1390 g/mol. The van der Waals surface area contributed by atoms with Gasteiger partial charge in [-0.15, -0.1) is 0 Å². The minimum Gasteiger partial charge on any atom is -0.489 e. The second-order valence-electron chi connectivity index (χ2n) is 29.5.